The van der Waals surface area contributed by atoms with Gasteiger partial charge in [-0.15, -0.1) is 0 Å². The van der Waals surface area contributed by atoms with E-state index >= 15 is 0 Å². The molecule has 0 spiro atoms. The summed E-state index contributed by atoms with van der Waals surface area (Å²) in [5.41, 5.74) is 0.503. The van der Waals surface area contributed by atoms with E-state index in [1.165, 1.54) is 57.9 Å². The smallest absolute Gasteiger partial charge is 0.00180 e. The van der Waals surface area contributed by atoms with Gasteiger partial charge >= 0.3 is 0 Å². The molecule has 0 saturated carbocycles. The summed E-state index contributed by atoms with van der Waals surface area (Å²) >= 11 is 0. The lowest BCUT2D eigenvalue weighted by Crippen LogP contribution is -2.34. The van der Waals surface area contributed by atoms with E-state index in [9.17, 15) is 0 Å². The van der Waals surface area contributed by atoms with Crippen LogP contribution in [0.4, 0.5) is 0 Å². The molecule has 1 nitrogen and oxygen atoms in total. The van der Waals surface area contributed by atoms with E-state index < -0.39 is 0 Å². The van der Waals surface area contributed by atoms with Crippen LogP contribution in [0.1, 0.15) is 114 Å². The van der Waals surface area contributed by atoms with Crippen molar-refractivity contribution in [3.8, 4) is 0 Å². The summed E-state index contributed by atoms with van der Waals surface area (Å²) in [5.74, 6) is 4.17. The minimum absolute atomic E-state index is 0.503. The third kappa shape index (κ3) is 11.0. The molecule has 0 radical (unpaired) electrons. The largest absolute Gasteiger partial charge is 0.317 e. The molecule has 0 aliphatic heterocycles. The fraction of sp³-hybridized carbons (Fsp3) is 1.00. The van der Waals surface area contributed by atoms with Crippen molar-refractivity contribution in [2.24, 2.45) is 35.0 Å². The number of hydrogen-bond acceptors (Lipinski definition) is 1. The van der Waals surface area contributed by atoms with Gasteiger partial charge in [0.25, 0.3) is 0 Å². The lowest BCUT2D eigenvalue weighted by molar-refractivity contribution is 0.108. The molecule has 0 aromatic heterocycles. The van der Waals surface area contributed by atoms with Gasteiger partial charge in [0.15, 0.2) is 0 Å². The molecule has 1 heteroatoms. The van der Waals surface area contributed by atoms with Gasteiger partial charge in [0.05, 0.1) is 0 Å². The zero-order valence-corrected chi connectivity index (χ0v) is 20.0. The molecule has 0 aromatic carbocycles. The van der Waals surface area contributed by atoms with Crippen molar-refractivity contribution >= 4 is 0 Å². The van der Waals surface area contributed by atoms with Crippen molar-refractivity contribution in [3.05, 3.63) is 0 Å². The third-order valence-corrected chi connectivity index (χ3v) is 6.80. The highest BCUT2D eigenvalue weighted by Gasteiger charge is 2.33. The number of rotatable bonds is 16. The molecule has 26 heavy (non-hydrogen) atoms. The van der Waals surface area contributed by atoms with Gasteiger partial charge in [0.1, 0.15) is 0 Å². The molecule has 0 aliphatic carbocycles. The molecule has 0 aromatic rings. The molecular formula is C25H53N. The fourth-order valence-electron chi connectivity index (χ4n) is 4.81. The highest BCUT2D eigenvalue weighted by Crippen LogP contribution is 2.42. The summed E-state index contributed by atoms with van der Waals surface area (Å²) in [7, 11) is 0. The van der Waals surface area contributed by atoms with E-state index in [1.54, 1.807) is 0 Å². The van der Waals surface area contributed by atoms with Gasteiger partial charge in [0, 0.05) is 0 Å². The summed E-state index contributed by atoms with van der Waals surface area (Å²) in [6.07, 6.45) is 11.2. The van der Waals surface area contributed by atoms with Crippen LogP contribution in [-0.4, -0.2) is 13.1 Å². The van der Waals surface area contributed by atoms with Gasteiger partial charge in [-0.25, -0.2) is 0 Å². The van der Waals surface area contributed by atoms with Gasteiger partial charge in [-0.2, -0.15) is 0 Å². The Labute approximate surface area is 167 Å². The first-order chi connectivity index (χ1) is 12.2. The first-order valence-corrected chi connectivity index (χ1v) is 11.9. The van der Waals surface area contributed by atoms with Crippen molar-refractivity contribution in [2.75, 3.05) is 13.1 Å². The Balaban J connectivity index is 4.57. The van der Waals surface area contributed by atoms with Gasteiger partial charge in [0.2, 0.25) is 0 Å². The first-order valence-electron chi connectivity index (χ1n) is 11.9. The molecule has 0 amide bonds. The van der Waals surface area contributed by atoms with Crippen molar-refractivity contribution in [1.29, 1.82) is 0 Å². The Kier molecular flexibility index (Phi) is 14.0. The van der Waals surface area contributed by atoms with Crippen LogP contribution in [0.5, 0.6) is 0 Å². The van der Waals surface area contributed by atoms with Gasteiger partial charge in [-0.05, 0) is 67.4 Å². The highest BCUT2D eigenvalue weighted by atomic mass is 14.8. The minimum Gasteiger partial charge on any atom is -0.317 e. The summed E-state index contributed by atoms with van der Waals surface area (Å²) < 4.78 is 0. The zero-order chi connectivity index (χ0) is 20.2. The molecule has 0 aliphatic rings. The van der Waals surface area contributed by atoms with Crippen molar-refractivity contribution in [1.82, 2.24) is 5.32 Å². The normalized spacial score (nSPS) is 18.1. The molecular weight excluding hydrogens is 314 g/mol. The van der Waals surface area contributed by atoms with E-state index in [4.69, 9.17) is 0 Å². The summed E-state index contributed by atoms with van der Waals surface area (Å²) in [5, 5.41) is 3.61. The molecule has 0 saturated heterocycles. The van der Waals surface area contributed by atoms with Crippen molar-refractivity contribution in [2.45, 2.75) is 114 Å². The quantitative estimate of drug-likeness (QED) is 0.273. The highest BCUT2D eigenvalue weighted by molar-refractivity contribution is 4.84. The maximum atomic E-state index is 3.61. The van der Waals surface area contributed by atoms with Crippen LogP contribution in [0.3, 0.4) is 0 Å². The van der Waals surface area contributed by atoms with E-state index in [1.807, 2.05) is 0 Å². The lowest BCUT2D eigenvalue weighted by atomic mass is 9.66. The van der Waals surface area contributed by atoms with E-state index in [0.29, 0.717) is 5.41 Å². The van der Waals surface area contributed by atoms with Crippen LogP contribution in [-0.2, 0) is 0 Å². The molecule has 158 valence electrons. The Hall–Kier alpha value is -0.0400. The van der Waals surface area contributed by atoms with Gasteiger partial charge < -0.3 is 5.32 Å². The Morgan fingerprint density at radius 2 is 1.50 bits per heavy atom. The molecule has 0 heterocycles. The standard InChI is InChI=1S/C25H53N/c1-10-16-25(9,18-24(21(5)6)19-26-11-2)23(8)15-13-12-14-22(7)17-20(3)4/h20-24,26H,10-19H2,1-9H3. The van der Waals surface area contributed by atoms with E-state index in [2.05, 4.69) is 67.6 Å². The lowest BCUT2D eigenvalue weighted by Gasteiger charge is -2.40. The third-order valence-electron chi connectivity index (χ3n) is 6.80. The first kappa shape index (κ1) is 26.0. The maximum Gasteiger partial charge on any atom is -0.00180 e. The van der Waals surface area contributed by atoms with E-state index in [-0.39, 0.29) is 0 Å². The molecule has 0 rings (SSSR count). The second-order valence-corrected chi connectivity index (χ2v) is 10.3. The van der Waals surface area contributed by atoms with Gasteiger partial charge in [-0.3, -0.25) is 0 Å². The zero-order valence-electron chi connectivity index (χ0n) is 20.0. The average Bonchev–Trinajstić information content (AvgIpc) is 2.54. The topological polar surface area (TPSA) is 12.0 Å². The number of unbranched alkanes of at least 4 members (excludes halogenated alkanes) is 1. The molecule has 0 fully saturated rings. The molecule has 0 bridgehead atoms. The molecule has 1 N–H and O–H groups in total. The predicted molar refractivity (Wildman–Crippen MR) is 121 cm³/mol. The molecule has 4 unspecified atom stereocenters. The van der Waals surface area contributed by atoms with Crippen LogP contribution < -0.4 is 5.32 Å². The van der Waals surface area contributed by atoms with Crippen molar-refractivity contribution in [3.63, 3.8) is 0 Å². The van der Waals surface area contributed by atoms with Crippen LogP contribution in [0.15, 0.2) is 0 Å². The number of hydrogen-bond donors (Lipinski definition) is 1. The van der Waals surface area contributed by atoms with Crippen molar-refractivity contribution < 1.29 is 0 Å². The Bertz CT molecular complexity index is 322. The summed E-state index contributed by atoms with van der Waals surface area (Å²) in [4.78, 5) is 0. The van der Waals surface area contributed by atoms with Crippen LogP contribution in [0.2, 0.25) is 0 Å². The Morgan fingerprint density at radius 1 is 0.885 bits per heavy atom. The summed E-state index contributed by atoms with van der Waals surface area (Å²) in [6.45, 7) is 24.0. The predicted octanol–water partition coefficient (Wildman–Crippen LogP) is 7.94. The SMILES string of the molecule is CCCC(C)(CC(CNCC)C(C)C)C(C)CCCCC(C)CC(C)C. The second-order valence-electron chi connectivity index (χ2n) is 10.3. The van der Waals surface area contributed by atoms with Gasteiger partial charge in [-0.1, -0.05) is 94.4 Å². The number of nitrogens with one attached hydrogen (secondary N) is 1. The van der Waals surface area contributed by atoms with Crippen LogP contribution in [0.25, 0.3) is 0 Å². The van der Waals surface area contributed by atoms with Crippen LogP contribution >= 0.6 is 0 Å². The van der Waals surface area contributed by atoms with E-state index in [0.717, 1.165) is 36.1 Å². The summed E-state index contributed by atoms with van der Waals surface area (Å²) in [6, 6.07) is 0. The second kappa shape index (κ2) is 14.0. The molecule has 4 atom stereocenters. The van der Waals surface area contributed by atoms with Crippen LogP contribution in [0, 0.1) is 35.0 Å². The minimum atomic E-state index is 0.503. The Morgan fingerprint density at radius 3 is 2.00 bits per heavy atom. The maximum absolute atomic E-state index is 3.61. The monoisotopic (exact) mass is 367 g/mol. The fourth-order valence-corrected chi connectivity index (χ4v) is 4.81. The average molecular weight is 368 g/mol.